The second-order valence-corrected chi connectivity index (χ2v) is 4.53. The van der Waals surface area contributed by atoms with Gasteiger partial charge >= 0.3 is 0 Å². The van der Waals surface area contributed by atoms with Gasteiger partial charge in [-0.25, -0.2) is 9.97 Å². The molecule has 16 heavy (non-hydrogen) atoms. The van der Waals surface area contributed by atoms with Crippen molar-refractivity contribution in [1.29, 1.82) is 0 Å². The van der Waals surface area contributed by atoms with Crippen molar-refractivity contribution in [2.45, 2.75) is 6.92 Å². The van der Waals surface area contributed by atoms with Crippen LogP contribution in [0.4, 0.5) is 0 Å². The zero-order valence-corrected chi connectivity index (χ0v) is 10.6. The van der Waals surface area contributed by atoms with E-state index in [0.717, 1.165) is 11.3 Å². The lowest BCUT2D eigenvalue weighted by Crippen LogP contribution is -1.90. The van der Waals surface area contributed by atoms with Crippen molar-refractivity contribution < 1.29 is 0 Å². The molecule has 0 bridgehead atoms. The smallest absolute Gasteiger partial charge is 0.223 e. The molecule has 0 spiro atoms. The lowest BCUT2D eigenvalue weighted by molar-refractivity contribution is 1.11. The largest absolute Gasteiger partial charge is 0.223 e. The lowest BCUT2D eigenvalue weighted by Gasteiger charge is -2.04. The van der Waals surface area contributed by atoms with E-state index in [1.54, 1.807) is 18.2 Å². The van der Waals surface area contributed by atoms with Crippen LogP contribution in [0.1, 0.15) is 5.69 Å². The van der Waals surface area contributed by atoms with E-state index in [9.17, 15) is 0 Å². The maximum atomic E-state index is 5.92. The third-order valence-corrected chi connectivity index (χ3v) is 2.59. The number of rotatable bonds is 1. The average Bonchev–Trinajstić information content (AvgIpc) is 2.14. The molecule has 82 valence electrons. The van der Waals surface area contributed by atoms with Gasteiger partial charge in [-0.05, 0) is 42.8 Å². The fourth-order valence-electron chi connectivity index (χ4n) is 1.38. The normalized spacial score (nSPS) is 10.5. The summed E-state index contributed by atoms with van der Waals surface area (Å²) in [4.78, 5) is 8.12. The van der Waals surface area contributed by atoms with Gasteiger partial charge in [-0.3, -0.25) is 0 Å². The van der Waals surface area contributed by atoms with Crippen molar-refractivity contribution in [2.24, 2.45) is 0 Å². The molecule has 0 unspecified atom stereocenters. The fourth-order valence-corrected chi connectivity index (χ4v) is 2.13. The quantitative estimate of drug-likeness (QED) is 0.719. The molecule has 2 nitrogen and oxygen atoms in total. The molecule has 0 N–H and O–H groups in total. The minimum Gasteiger partial charge on any atom is -0.223 e. The summed E-state index contributed by atoms with van der Waals surface area (Å²) in [5, 5.41) is 1.34. The summed E-state index contributed by atoms with van der Waals surface area (Å²) in [5.41, 5.74) is 2.33. The minimum atomic E-state index is 0.214. The third kappa shape index (κ3) is 2.64. The number of benzene rings is 1. The topological polar surface area (TPSA) is 25.8 Å². The Bertz CT molecular complexity index is 451. The second-order valence-electron chi connectivity index (χ2n) is 3.32. The van der Waals surface area contributed by atoms with Gasteiger partial charge in [-0.2, -0.15) is 0 Å². The Morgan fingerprint density at radius 1 is 0.875 bits per heavy atom. The van der Waals surface area contributed by atoms with Crippen LogP contribution < -0.4 is 0 Å². The van der Waals surface area contributed by atoms with Crippen LogP contribution in [0, 0.1) is 6.92 Å². The number of hydrogen-bond donors (Lipinski definition) is 0. The zero-order valence-electron chi connectivity index (χ0n) is 8.34. The fraction of sp³-hybridized carbons (Fsp3) is 0.0909. The van der Waals surface area contributed by atoms with Crippen LogP contribution in [-0.2, 0) is 0 Å². The molecule has 0 saturated carbocycles. The van der Waals surface area contributed by atoms with E-state index in [0.29, 0.717) is 15.7 Å². The third-order valence-electron chi connectivity index (χ3n) is 1.99. The molecule has 1 heterocycles. The first-order valence-corrected chi connectivity index (χ1v) is 5.65. The summed E-state index contributed by atoms with van der Waals surface area (Å²) in [6.07, 6.45) is 0. The number of aryl methyl sites for hydroxylation is 1. The van der Waals surface area contributed by atoms with Crippen molar-refractivity contribution in [1.82, 2.24) is 9.97 Å². The van der Waals surface area contributed by atoms with E-state index in [2.05, 4.69) is 9.97 Å². The SMILES string of the molecule is Cc1cc(-c2cc(Cl)cc(Cl)c2)nc(Cl)n1. The van der Waals surface area contributed by atoms with Crippen molar-refractivity contribution in [3.8, 4) is 11.3 Å². The predicted octanol–water partition coefficient (Wildman–Crippen LogP) is 4.41. The van der Waals surface area contributed by atoms with Crippen molar-refractivity contribution in [2.75, 3.05) is 0 Å². The molecule has 0 atom stereocenters. The summed E-state index contributed by atoms with van der Waals surface area (Å²) in [6.45, 7) is 1.85. The number of halogens is 3. The van der Waals surface area contributed by atoms with Crippen LogP contribution >= 0.6 is 34.8 Å². The summed E-state index contributed by atoms with van der Waals surface area (Å²) in [7, 11) is 0. The first-order chi connectivity index (χ1) is 7.54. The molecule has 5 heteroatoms. The van der Waals surface area contributed by atoms with E-state index >= 15 is 0 Å². The Kier molecular flexibility index (Phi) is 3.33. The monoisotopic (exact) mass is 272 g/mol. The lowest BCUT2D eigenvalue weighted by atomic mass is 10.1. The van der Waals surface area contributed by atoms with E-state index in [1.807, 2.05) is 13.0 Å². The van der Waals surface area contributed by atoms with Crippen LogP contribution in [0.15, 0.2) is 24.3 Å². The molecule has 1 aromatic carbocycles. The molecule has 2 rings (SSSR count). The summed E-state index contributed by atoms with van der Waals surface area (Å²) in [5.74, 6) is 0. The first kappa shape index (κ1) is 11.6. The van der Waals surface area contributed by atoms with Crippen LogP contribution in [0.5, 0.6) is 0 Å². The van der Waals surface area contributed by atoms with Gasteiger partial charge in [0, 0.05) is 21.3 Å². The van der Waals surface area contributed by atoms with Gasteiger partial charge in [-0.1, -0.05) is 23.2 Å². The number of hydrogen-bond acceptors (Lipinski definition) is 2. The molecule has 0 radical (unpaired) electrons. The molecule has 0 amide bonds. The van der Waals surface area contributed by atoms with Gasteiger partial charge < -0.3 is 0 Å². The molecule has 1 aromatic heterocycles. The van der Waals surface area contributed by atoms with Gasteiger partial charge in [0.2, 0.25) is 5.28 Å². The Hall–Kier alpha value is -0.830. The highest BCUT2D eigenvalue weighted by Gasteiger charge is 2.05. The maximum Gasteiger partial charge on any atom is 0.223 e. The van der Waals surface area contributed by atoms with Gasteiger partial charge in [0.05, 0.1) is 5.69 Å². The van der Waals surface area contributed by atoms with E-state index in [-0.39, 0.29) is 5.28 Å². The minimum absolute atomic E-state index is 0.214. The van der Waals surface area contributed by atoms with Crippen LogP contribution in [0.2, 0.25) is 15.3 Å². The highest BCUT2D eigenvalue weighted by molar-refractivity contribution is 6.35. The Morgan fingerprint density at radius 2 is 1.50 bits per heavy atom. The van der Waals surface area contributed by atoms with Crippen LogP contribution in [0.25, 0.3) is 11.3 Å². The predicted molar refractivity (Wildman–Crippen MR) is 67.2 cm³/mol. The average molecular weight is 274 g/mol. The Morgan fingerprint density at radius 3 is 2.06 bits per heavy atom. The molecular weight excluding hydrogens is 266 g/mol. The van der Waals surface area contributed by atoms with Crippen molar-refractivity contribution in [3.05, 3.63) is 45.3 Å². The van der Waals surface area contributed by atoms with Gasteiger partial charge in [0.25, 0.3) is 0 Å². The standard InChI is InChI=1S/C11H7Cl3N2/c1-6-2-10(16-11(14)15-6)7-3-8(12)5-9(13)4-7/h2-5H,1H3. The molecular formula is C11H7Cl3N2. The van der Waals surface area contributed by atoms with Crippen LogP contribution in [0.3, 0.4) is 0 Å². The molecule has 0 fully saturated rings. The summed E-state index contributed by atoms with van der Waals surface area (Å²) in [6, 6.07) is 7.06. The molecule has 2 aromatic rings. The molecule has 0 saturated heterocycles. The molecule has 0 aliphatic rings. The van der Waals surface area contributed by atoms with E-state index in [4.69, 9.17) is 34.8 Å². The van der Waals surface area contributed by atoms with E-state index in [1.165, 1.54) is 0 Å². The first-order valence-electron chi connectivity index (χ1n) is 4.52. The van der Waals surface area contributed by atoms with Crippen LogP contribution in [-0.4, -0.2) is 9.97 Å². The Labute approximate surface area is 108 Å². The van der Waals surface area contributed by atoms with Gasteiger partial charge in [0.1, 0.15) is 0 Å². The maximum absolute atomic E-state index is 5.92. The van der Waals surface area contributed by atoms with Crippen molar-refractivity contribution >= 4 is 34.8 Å². The highest BCUT2D eigenvalue weighted by Crippen LogP contribution is 2.26. The number of aromatic nitrogens is 2. The summed E-state index contributed by atoms with van der Waals surface area (Å²) < 4.78 is 0. The van der Waals surface area contributed by atoms with Gasteiger partial charge in [0.15, 0.2) is 0 Å². The molecule has 0 aliphatic carbocycles. The highest BCUT2D eigenvalue weighted by atomic mass is 35.5. The van der Waals surface area contributed by atoms with Gasteiger partial charge in [-0.15, -0.1) is 0 Å². The second kappa shape index (κ2) is 4.58. The van der Waals surface area contributed by atoms with E-state index < -0.39 is 0 Å². The number of nitrogens with zero attached hydrogens (tertiary/aromatic N) is 2. The van der Waals surface area contributed by atoms with Crippen molar-refractivity contribution in [3.63, 3.8) is 0 Å². The molecule has 0 aliphatic heterocycles. The zero-order chi connectivity index (χ0) is 11.7. The Balaban J connectivity index is 2.57. The summed E-state index contributed by atoms with van der Waals surface area (Å²) >= 11 is 17.6.